The van der Waals surface area contributed by atoms with Gasteiger partial charge in [-0.3, -0.25) is 4.72 Å². The zero-order valence-electron chi connectivity index (χ0n) is 11.2. The Kier molecular flexibility index (Phi) is 3.95. The Labute approximate surface area is 120 Å². The Hall–Kier alpha value is -2.02. The highest BCUT2D eigenvalue weighted by molar-refractivity contribution is 7.92. The first-order valence-electron chi connectivity index (χ1n) is 5.96. The molecule has 3 nitrogen and oxygen atoms in total. The van der Waals surface area contributed by atoms with Crippen LogP contribution in [0.15, 0.2) is 35.2 Å². The van der Waals surface area contributed by atoms with Crippen LogP contribution in [0.5, 0.6) is 0 Å². The molecule has 7 heteroatoms. The van der Waals surface area contributed by atoms with Gasteiger partial charge in [0.2, 0.25) is 0 Å². The second-order valence-corrected chi connectivity index (χ2v) is 6.19. The van der Waals surface area contributed by atoms with Crippen LogP contribution >= 0.6 is 0 Å². The molecule has 0 spiro atoms. The monoisotopic (exact) mass is 315 g/mol. The van der Waals surface area contributed by atoms with Crippen molar-refractivity contribution in [1.82, 2.24) is 0 Å². The Morgan fingerprint density at radius 3 is 1.90 bits per heavy atom. The summed E-state index contributed by atoms with van der Waals surface area (Å²) in [6.45, 7) is 2.81. The van der Waals surface area contributed by atoms with Gasteiger partial charge in [-0.05, 0) is 49.2 Å². The number of anilines is 1. The highest BCUT2D eigenvalue weighted by Gasteiger charge is 2.23. The summed E-state index contributed by atoms with van der Waals surface area (Å²) in [6.07, 6.45) is 0. The van der Waals surface area contributed by atoms with E-state index in [1.807, 2.05) is 4.72 Å². The Morgan fingerprint density at radius 1 is 0.952 bits per heavy atom. The maximum Gasteiger partial charge on any atom is 0.262 e. The van der Waals surface area contributed by atoms with E-state index in [0.717, 1.165) is 30.3 Å². The fourth-order valence-corrected chi connectivity index (χ4v) is 3.63. The lowest BCUT2D eigenvalue weighted by molar-refractivity contribution is 0.581. The highest BCUT2D eigenvalue weighted by atomic mass is 32.2. The van der Waals surface area contributed by atoms with Crippen LogP contribution in [0.1, 0.15) is 11.1 Å². The van der Waals surface area contributed by atoms with Crippen molar-refractivity contribution in [1.29, 1.82) is 0 Å². The number of aryl methyl sites for hydroxylation is 2. The van der Waals surface area contributed by atoms with Gasteiger partial charge in [-0.1, -0.05) is 6.07 Å². The number of sulfonamides is 1. The minimum absolute atomic E-state index is 0.150. The fourth-order valence-electron chi connectivity index (χ4n) is 2.10. The van der Waals surface area contributed by atoms with Gasteiger partial charge in [0, 0.05) is 0 Å². The van der Waals surface area contributed by atoms with Crippen LogP contribution in [-0.4, -0.2) is 8.42 Å². The molecule has 0 unspecified atom stereocenters. The van der Waals surface area contributed by atoms with E-state index in [2.05, 4.69) is 0 Å². The predicted octanol–water partition coefficient (Wildman–Crippen LogP) is 3.52. The lowest BCUT2D eigenvalue weighted by atomic mass is 10.1. The summed E-state index contributed by atoms with van der Waals surface area (Å²) in [5, 5.41) is 0. The molecule has 0 heterocycles. The van der Waals surface area contributed by atoms with Crippen LogP contribution in [0, 0.1) is 31.3 Å². The quantitative estimate of drug-likeness (QED) is 0.942. The number of para-hydroxylation sites is 1. The maximum absolute atomic E-state index is 13.5. The lowest BCUT2D eigenvalue weighted by Gasteiger charge is -2.14. The van der Waals surface area contributed by atoms with Crippen molar-refractivity contribution < 1.29 is 21.6 Å². The molecule has 0 radical (unpaired) electrons. The van der Waals surface area contributed by atoms with Crippen LogP contribution in [0.25, 0.3) is 0 Å². The number of hydrogen-bond donors (Lipinski definition) is 1. The molecular weight excluding hydrogens is 303 g/mol. The molecule has 0 fully saturated rings. The van der Waals surface area contributed by atoms with E-state index in [1.54, 1.807) is 0 Å². The first-order valence-corrected chi connectivity index (χ1v) is 7.44. The third-order valence-corrected chi connectivity index (χ3v) is 4.55. The lowest BCUT2D eigenvalue weighted by Crippen LogP contribution is -2.17. The summed E-state index contributed by atoms with van der Waals surface area (Å²) in [5.74, 6) is -2.65. The van der Waals surface area contributed by atoms with Gasteiger partial charge in [0.15, 0.2) is 0 Å². The summed E-state index contributed by atoms with van der Waals surface area (Å²) in [5.41, 5.74) is -0.464. The first kappa shape index (κ1) is 15.4. The van der Waals surface area contributed by atoms with Crippen molar-refractivity contribution in [2.24, 2.45) is 0 Å². The molecule has 0 aliphatic heterocycles. The average molecular weight is 315 g/mol. The molecule has 0 saturated heterocycles. The molecule has 0 bridgehead atoms. The van der Waals surface area contributed by atoms with E-state index >= 15 is 0 Å². The largest absolute Gasteiger partial charge is 0.274 e. The summed E-state index contributed by atoms with van der Waals surface area (Å²) in [6, 6.07) is 5.08. The summed E-state index contributed by atoms with van der Waals surface area (Å²) >= 11 is 0. The van der Waals surface area contributed by atoms with Gasteiger partial charge in [-0.2, -0.15) is 0 Å². The second-order valence-electron chi connectivity index (χ2n) is 4.57. The fraction of sp³-hybridized carbons (Fsp3) is 0.143. The minimum Gasteiger partial charge on any atom is -0.274 e. The molecule has 2 rings (SSSR count). The van der Waals surface area contributed by atoms with Crippen LogP contribution in [-0.2, 0) is 10.0 Å². The van der Waals surface area contributed by atoms with E-state index in [9.17, 15) is 21.6 Å². The van der Waals surface area contributed by atoms with E-state index in [-0.39, 0.29) is 16.0 Å². The SMILES string of the molecule is Cc1cc(F)cc(C)c1S(=O)(=O)Nc1c(F)cccc1F. The summed E-state index contributed by atoms with van der Waals surface area (Å²) in [7, 11) is -4.23. The van der Waals surface area contributed by atoms with E-state index in [1.165, 1.54) is 13.8 Å². The molecule has 0 atom stereocenters. The van der Waals surface area contributed by atoms with Crippen molar-refractivity contribution in [2.75, 3.05) is 4.72 Å². The third kappa shape index (κ3) is 3.02. The third-order valence-electron chi connectivity index (χ3n) is 2.89. The number of nitrogens with one attached hydrogen (secondary N) is 1. The number of hydrogen-bond acceptors (Lipinski definition) is 2. The zero-order chi connectivity index (χ0) is 15.8. The van der Waals surface area contributed by atoms with E-state index < -0.39 is 33.2 Å². The molecule has 2 aromatic carbocycles. The topological polar surface area (TPSA) is 46.2 Å². The minimum atomic E-state index is -4.23. The zero-order valence-corrected chi connectivity index (χ0v) is 12.1. The highest BCUT2D eigenvalue weighted by Crippen LogP contribution is 2.26. The Balaban J connectivity index is 2.54. The van der Waals surface area contributed by atoms with E-state index in [4.69, 9.17) is 0 Å². The van der Waals surface area contributed by atoms with Gasteiger partial charge in [0.25, 0.3) is 10.0 Å². The molecule has 2 aromatic rings. The Morgan fingerprint density at radius 2 is 1.43 bits per heavy atom. The molecule has 112 valence electrons. The van der Waals surface area contributed by atoms with Crippen molar-refractivity contribution in [3.05, 3.63) is 58.9 Å². The van der Waals surface area contributed by atoms with Crippen molar-refractivity contribution in [2.45, 2.75) is 18.7 Å². The predicted molar refractivity (Wildman–Crippen MR) is 73.0 cm³/mol. The van der Waals surface area contributed by atoms with E-state index in [0.29, 0.717) is 0 Å². The van der Waals surface area contributed by atoms with Gasteiger partial charge >= 0.3 is 0 Å². The molecule has 1 N–H and O–H groups in total. The molecule has 0 amide bonds. The molecular formula is C14H12F3NO2S. The second kappa shape index (κ2) is 5.40. The number of halogens is 3. The van der Waals surface area contributed by atoms with Crippen LogP contribution < -0.4 is 4.72 Å². The molecule has 0 aliphatic carbocycles. The van der Waals surface area contributed by atoms with Gasteiger partial charge in [-0.25, -0.2) is 21.6 Å². The Bertz CT molecular complexity index is 761. The summed E-state index contributed by atoms with van der Waals surface area (Å²) in [4.78, 5) is -0.202. The van der Waals surface area contributed by atoms with Crippen molar-refractivity contribution in [3.63, 3.8) is 0 Å². The normalized spacial score (nSPS) is 11.5. The molecule has 0 aliphatic rings. The summed E-state index contributed by atoms with van der Waals surface area (Å²) < 4.78 is 66.7. The first-order chi connectivity index (χ1) is 9.72. The number of benzene rings is 2. The maximum atomic E-state index is 13.5. The standard InChI is InChI=1S/C14H12F3NO2S/c1-8-6-10(15)7-9(2)14(8)21(19,20)18-13-11(16)4-3-5-12(13)17/h3-7,18H,1-2H3. The molecule has 0 aromatic heterocycles. The van der Waals surface area contributed by atoms with Crippen LogP contribution in [0.3, 0.4) is 0 Å². The average Bonchev–Trinajstić information content (AvgIpc) is 2.32. The smallest absolute Gasteiger partial charge is 0.262 e. The molecule has 21 heavy (non-hydrogen) atoms. The van der Waals surface area contributed by atoms with Crippen LogP contribution in [0.4, 0.5) is 18.9 Å². The van der Waals surface area contributed by atoms with Crippen molar-refractivity contribution in [3.8, 4) is 0 Å². The number of rotatable bonds is 3. The van der Waals surface area contributed by atoms with Gasteiger partial charge in [-0.15, -0.1) is 0 Å². The van der Waals surface area contributed by atoms with Crippen LogP contribution in [0.2, 0.25) is 0 Å². The van der Waals surface area contributed by atoms with Gasteiger partial charge < -0.3 is 0 Å². The van der Waals surface area contributed by atoms with Crippen molar-refractivity contribution >= 4 is 15.7 Å². The van der Waals surface area contributed by atoms with Gasteiger partial charge in [0.1, 0.15) is 23.1 Å². The van der Waals surface area contributed by atoms with Gasteiger partial charge in [0.05, 0.1) is 4.90 Å². The molecule has 0 saturated carbocycles.